The van der Waals surface area contributed by atoms with Crippen molar-refractivity contribution in [3.8, 4) is 17.0 Å². The molecule has 0 bridgehead atoms. The van der Waals surface area contributed by atoms with E-state index in [2.05, 4.69) is 20.7 Å². The van der Waals surface area contributed by atoms with Gasteiger partial charge in [-0.05, 0) is 18.2 Å². The SMILES string of the molecule is Cn1ccc(-c2c(NCC3=NCCN3)cccc2OS(C)(=O)=O)n1. The molecule has 0 amide bonds. The number of aromatic nitrogens is 2. The van der Waals surface area contributed by atoms with Crippen molar-refractivity contribution in [3.63, 3.8) is 0 Å². The first-order valence-electron chi connectivity index (χ1n) is 7.46. The first-order chi connectivity index (χ1) is 11.4. The maximum Gasteiger partial charge on any atom is 0.306 e. The molecule has 8 nitrogen and oxygen atoms in total. The van der Waals surface area contributed by atoms with Crippen molar-refractivity contribution in [2.75, 3.05) is 31.2 Å². The lowest BCUT2D eigenvalue weighted by molar-refractivity contribution is 0.494. The number of nitrogens with zero attached hydrogens (tertiary/aromatic N) is 3. The first kappa shape index (κ1) is 16.3. The lowest BCUT2D eigenvalue weighted by Gasteiger charge is -2.15. The van der Waals surface area contributed by atoms with Crippen molar-refractivity contribution in [1.82, 2.24) is 15.1 Å². The molecule has 0 saturated heterocycles. The fraction of sp³-hybridized carbons (Fsp3) is 0.333. The van der Waals surface area contributed by atoms with Crippen LogP contribution in [-0.4, -0.2) is 49.9 Å². The Morgan fingerprint density at radius 2 is 2.21 bits per heavy atom. The van der Waals surface area contributed by atoms with E-state index >= 15 is 0 Å². The minimum Gasteiger partial charge on any atom is -0.382 e. The molecular weight excluding hydrogens is 330 g/mol. The highest BCUT2D eigenvalue weighted by atomic mass is 32.2. The van der Waals surface area contributed by atoms with Gasteiger partial charge in [0.1, 0.15) is 5.84 Å². The van der Waals surface area contributed by atoms with Crippen LogP contribution in [0.2, 0.25) is 0 Å². The summed E-state index contributed by atoms with van der Waals surface area (Å²) in [6, 6.07) is 7.01. The molecule has 24 heavy (non-hydrogen) atoms. The minimum absolute atomic E-state index is 0.238. The molecule has 1 aromatic carbocycles. The van der Waals surface area contributed by atoms with Crippen LogP contribution in [-0.2, 0) is 17.2 Å². The lowest BCUT2D eigenvalue weighted by atomic mass is 10.1. The Morgan fingerprint density at radius 3 is 2.83 bits per heavy atom. The molecule has 0 radical (unpaired) electrons. The Balaban J connectivity index is 1.98. The van der Waals surface area contributed by atoms with E-state index in [9.17, 15) is 8.42 Å². The van der Waals surface area contributed by atoms with Gasteiger partial charge in [-0.3, -0.25) is 9.67 Å². The van der Waals surface area contributed by atoms with Crippen LogP contribution in [0.3, 0.4) is 0 Å². The molecule has 0 aliphatic carbocycles. The smallest absolute Gasteiger partial charge is 0.306 e. The highest BCUT2D eigenvalue weighted by Gasteiger charge is 2.18. The zero-order chi connectivity index (χ0) is 17.2. The highest BCUT2D eigenvalue weighted by Crippen LogP contribution is 2.36. The molecule has 0 spiro atoms. The number of nitrogens with one attached hydrogen (secondary N) is 2. The number of anilines is 1. The average Bonchev–Trinajstić information content (AvgIpc) is 3.15. The van der Waals surface area contributed by atoms with Gasteiger partial charge in [0.25, 0.3) is 0 Å². The summed E-state index contributed by atoms with van der Waals surface area (Å²) in [6.45, 7) is 2.12. The Morgan fingerprint density at radius 1 is 1.38 bits per heavy atom. The zero-order valence-corrected chi connectivity index (χ0v) is 14.3. The lowest BCUT2D eigenvalue weighted by Crippen LogP contribution is -2.26. The number of hydrogen-bond donors (Lipinski definition) is 2. The molecule has 0 saturated carbocycles. The van der Waals surface area contributed by atoms with Crippen molar-refractivity contribution in [1.29, 1.82) is 0 Å². The quantitative estimate of drug-likeness (QED) is 0.750. The number of aliphatic imine (C=N–C) groups is 1. The van der Waals surface area contributed by atoms with E-state index in [1.54, 1.807) is 36.1 Å². The molecule has 0 unspecified atom stereocenters. The summed E-state index contributed by atoms with van der Waals surface area (Å²) in [5, 5.41) is 10.8. The second-order valence-corrected chi connectivity index (χ2v) is 7.02. The summed E-state index contributed by atoms with van der Waals surface area (Å²) in [6.07, 6.45) is 2.81. The zero-order valence-electron chi connectivity index (χ0n) is 13.5. The van der Waals surface area contributed by atoms with E-state index in [1.165, 1.54) is 0 Å². The molecule has 2 N–H and O–H groups in total. The molecule has 1 aromatic heterocycles. The second-order valence-electron chi connectivity index (χ2n) is 5.45. The van der Waals surface area contributed by atoms with Crippen LogP contribution in [0.4, 0.5) is 5.69 Å². The van der Waals surface area contributed by atoms with Gasteiger partial charge in [0.2, 0.25) is 0 Å². The Hall–Kier alpha value is -2.55. The maximum atomic E-state index is 11.6. The van der Waals surface area contributed by atoms with Crippen molar-refractivity contribution < 1.29 is 12.6 Å². The fourth-order valence-electron chi connectivity index (χ4n) is 2.47. The normalized spacial score (nSPS) is 14.2. The summed E-state index contributed by atoms with van der Waals surface area (Å²) < 4.78 is 29.9. The second kappa shape index (κ2) is 6.52. The van der Waals surface area contributed by atoms with E-state index in [0.717, 1.165) is 30.9 Å². The van der Waals surface area contributed by atoms with Gasteiger partial charge < -0.3 is 14.8 Å². The van der Waals surface area contributed by atoms with Crippen LogP contribution in [0, 0.1) is 0 Å². The standard InChI is InChI=1S/C15H19N5O3S/c1-20-9-6-12(19-20)15-11(18-10-14-16-7-8-17-14)4-3-5-13(15)23-24(2,21)22/h3-6,9,18H,7-8,10H2,1-2H3,(H,16,17). The van der Waals surface area contributed by atoms with Crippen LogP contribution in [0.5, 0.6) is 5.75 Å². The van der Waals surface area contributed by atoms with Crippen LogP contribution < -0.4 is 14.8 Å². The van der Waals surface area contributed by atoms with Gasteiger partial charge in [-0.15, -0.1) is 0 Å². The molecule has 2 heterocycles. The van der Waals surface area contributed by atoms with Gasteiger partial charge in [-0.25, -0.2) is 0 Å². The molecular formula is C15H19N5O3S. The number of aryl methyl sites for hydroxylation is 1. The molecule has 3 rings (SSSR count). The summed E-state index contributed by atoms with van der Waals surface area (Å²) in [7, 11) is -1.85. The number of rotatable bonds is 6. The first-order valence-corrected chi connectivity index (χ1v) is 9.27. The molecule has 1 aliphatic rings. The summed E-state index contributed by atoms with van der Waals surface area (Å²) >= 11 is 0. The van der Waals surface area contributed by atoms with E-state index in [4.69, 9.17) is 4.18 Å². The molecule has 1 aliphatic heterocycles. The third kappa shape index (κ3) is 3.85. The third-order valence-electron chi connectivity index (χ3n) is 3.43. The topological polar surface area (TPSA) is 97.6 Å². The van der Waals surface area contributed by atoms with Gasteiger partial charge in [-0.1, -0.05) is 6.07 Å². The van der Waals surface area contributed by atoms with E-state index < -0.39 is 10.1 Å². The van der Waals surface area contributed by atoms with Gasteiger partial charge in [0.05, 0.1) is 30.6 Å². The van der Waals surface area contributed by atoms with Crippen LogP contribution in [0.25, 0.3) is 11.3 Å². The van der Waals surface area contributed by atoms with Crippen LogP contribution in [0.15, 0.2) is 35.5 Å². The van der Waals surface area contributed by atoms with Crippen molar-refractivity contribution in [3.05, 3.63) is 30.5 Å². The van der Waals surface area contributed by atoms with Crippen LogP contribution >= 0.6 is 0 Å². The summed E-state index contributed by atoms with van der Waals surface area (Å²) in [5.74, 6) is 1.11. The highest BCUT2D eigenvalue weighted by molar-refractivity contribution is 7.86. The van der Waals surface area contributed by atoms with E-state index in [-0.39, 0.29) is 5.75 Å². The van der Waals surface area contributed by atoms with Gasteiger partial charge in [-0.2, -0.15) is 13.5 Å². The summed E-state index contributed by atoms with van der Waals surface area (Å²) in [4.78, 5) is 4.34. The Kier molecular flexibility index (Phi) is 4.43. The molecule has 2 aromatic rings. The number of hydrogen-bond acceptors (Lipinski definition) is 7. The number of benzene rings is 1. The Bertz CT molecular complexity index is 873. The van der Waals surface area contributed by atoms with Gasteiger partial charge in [0.15, 0.2) is 5.75 Å². The van der Waals surface area contributed by atoms with Gasteiger partial charge in [0, 0.05) is 25.5 Å². The van der Waals surface area contributed by atoms with E-state index in [1.807, 2.05) is 6.07 Å². The molecule has 0 fully saturated rings. The minimum atomic E-state index is -3.65. The molecule has 9 heteroatoms. The van der Waals surface area contributed by atoms with Crippen molar-refractivity contribution in [2.45, 2.75) is 0 Å². The monoisotopic (exact) mass is 349 g/mol. The average molecular weight is 349 g/mol. The Labute approximate surface area is 140 Å². The largest absolute Gasteiger partial charge is 0.382 e. The predicted octanol–water partition coefficient (Wildman–Crippen LogP) is 0.839. The van der Waals surface area contributed by atoms with Crippen molar-refractivity contribution >= 4 is 21.6 Å². The van der Waals surface area contributed by atoms with Crippen molar-refractivity contribution in [2.24, 2.45) is 12.0 Å². The fourth-order valence-corrected chi connectivity index (χ4v) is 2.93. The maximum absolute atomic E-state index is 11.6. The van der Waals surface area contributed by atoms with Crippen LogP contribution in [0.1, 0.15) is 0 Å². The molecule has 0 atom stereocenters. The third-order valence-corrected chi connectivity index (χ3v) is 3.91. The molecule has 128 valence electrons. The van der Waals surface area contributed by atoms with E-state index in [0.29, 0.717) is 17.8 Å². The predicted molar refractivity (Wildman–Crippen MR) is 92.9 cm³/mol. The number of amidine groups is 1. The summed E-state index contributed by atoms with van der Waals surface area (Å²) in [5.41, 5.74) is 1.95. The van der Waals surface area contributed by atoms with Gasteiger partial charge >= 0.3 is 10.1 Å².